The summed E-state index contributed by atoms with van der Waals surface area (Å²) in [6, 6.07) is 6.27. The van der Waals surface area contributed by atoms with Crippen molar-refractivity contribution in [1.82, 2.24) is 15.2 Å². The lowest BCUT2D eigenvalue weighted by Crippen LogP contribution is -2.43. The van der Waals surface area contributed by atoms with Gasteiger partial charge in [0, 0.05) is 37.1 Å². The van der Waals surface area contributed by atoms with E-state index in [0.29, 0.717) is 0 Å². The van der Waals surface area contributed by atoms with Crippen molar-refractivity contribution in [2.75, 3.05) is 18.0 Å². The molecule has 1 fully saturated rings. The van der Waals surface area contributed by atoms with E-state index in [9.17, 15) is 0 Å². The molecule has 1 unspecified atom stereocenters. The van der Waals surface area contributed by atoms with Crippen LogP contribution in [0, 0.1) is 0 Å². The van der Waals surface area contributed by atoms with Crippen LogP contribution in [0.2, 0.25) is 0 Å². The first-order valence-corrected chi connectivity index (χ1v) is 6.30. The average molecular weight is 243 g/mol. The van der Waals surface area contributed by atoms with Gasteiger partial charge in [-0.25, -0.2) is 0 Å². The molecule has 1 aliphatic heterocycles. The fourth-order valence-electron chi connectivity index (χ4n) is 2.35. The van der Waals surface area contributed by atoms with Gasteiger partial charge < -0.3 is 15.6 Å². The second kappa shape index (κ2) is 4.78. The molecule has 3 rings (SSSR count). The van der Waals surface area contributed by atoms with E-state index in [1.54, 1.807) is 0 Å². The molecule has 1 aliphatic rings. The monoisotopic (exact) mass is 243 g/mol. The summed E-state index contributed by atoms with van der Waals surface area (Å²) in [5, 5.41) is 8.57. The van der Waals surface area contributed by atoms with E-state index in [2.05, 4.69) is 20.1 Å². The predicted molar refractivity (Wildman–Crippen MR) is 71.2 cm³/mol. The number of hydrogen-bond acceptors (Lipinski definition) is 4. The fraction of sp³-hybridized carbons (Fsp3) is 0.385. The number of H-pyrrole nitrogens is 1. The summed E-state index contributed by atoms with van der Waals surface area (Å²) in [5.74, 6) is 0.921. The summed E-state index contributed by atoms with van der Waals surface area (Å²) in [5.41, 5.74) is 7.93. The molecule has 94 valence electrons. The zero-order valence-corrected chi connectivity index (χ0v) is 10.2. The van der Waals surface area contributed by atoms with Crippen LogP contribution in [0.25, 0.3) is 11.3 Å². The third-order valence-corrected chi connectivity index (χ3v) is 3.33. The summed E-state index contributed by atoms with van der Waals surface area (Å²) in [6.07, 6.45) is 6.03. The Morgan fingerprint density at radius 2 is 2.22 bits per heavy atom. The first-order chi connectivity index (χ1) is 8.83. The maximum absolute atomic E-state index is 5.98. The minimum Gasteiger partial charge on any atom is -0.367 e. The van der Waals surface area contributed by atoms with Crippen LogP contribution >= 0.6 is 0 Å². The number of nitrogens with two attached hydrogens (primary N) is 1. The van der Waals surface area contributed by atoms with Crippen molar-refractivity contribution in [3.8, 4) is 11.3 Å². The second-order valence-electron chi connectivity index (χ2n) is 4.72. The van der Waals surface area contributed by atoms with Crippen LogP contribution in [0.5, 0.6) is 0 Å². The van der Waals surface area contributed by atoms with E-state index in [4.69, 9.17) is 5.73 Å². The predicted octanol–water partition coefficient (Wildman–Crippen LogP) is 1.40. The van der Waals surface area contributed by atoms with Crippen molar-refractivity contribution >= 4 is 5.82 Å². The van der Waals surface area contributed by atoms with Gasteiger partial charge in [-0.15, -0.1) is 10.2 Å². The van der Waals surface area contributed by atoms with Gasteiger partial charge in [-0.05, 0) is 31.0 Å². The molecular weight excluding hydrogens is 226 g/mol. The van der Waals surface area contributed by atoms with E-state index in [1.807, 2.05) is 30.6 Å². The summed E-state index contributed by atoms with van der Waals surface area (Å²) in [6.45, 7) is 1.89. The largest absolute Gasteiger partial charge is 0.367 e. The Morgan fingerprint density at radius 1 is 1.28 bits per heavy atom. The molecule has 2 aromatic heterocycles. The molecule has 0 spiro atoms. The topological polar surface area (TPSA) is 70.8 Å². The Labute approximate surface area is 106 Å². The van der Waals surface area contributed by atoms with Crippen LogP contribution in [0.1, 0.15) is 12.8 Å². The normalized spacial score (nSPS) is 20.1. The van der Waals surface area contributed by atoms with Crippen molar-refractivity contribution in [3.05, 3.63) is 30.6 Å². The minimum atomic E-state index is 0.255. The highest BCUT2D eigenvalue weighted by atomic mass is 15.3. The molecule has 0 bridgehead atoms. The van der Waals surface area contributed by atoms with Crippen LogP contribution in [0.15, 0.2) is 30.6 Å². The molecule has 1 atom stereocenters. The van der Waals surface area contributed by atoms with E-state index in [-0.39, 0.29) is 6.04 Å². The molecule has 0 aromatic carbocycles. The summed E-state index contributed by atoms with van der Waals surface area (Å²) >= 11 is 0. The number of hydrogen-bond donors (Lipinski definition) is 2. The molecule has 18 heavy (non-hydrogen) atoms. The molecule has 5 heteroatoms. The van der Waals surface area contributed by atoms with Gasteiger partial charge in [-0.1, -0.05) is 0 Å². The van der Waals surface area contributed by atoms with Crippen LogP contribution in [0.3, 0.4) is 0 Å². The van der Waals surface area contributed by atoms with Gasteiger partial charge in [0.1, 0.15) is 0 Å². The first-order valence-electron chi connectivity index (χ1n) is 6.30. The standard InChI is InChI=1S/C13H17N5/c14-11-2-1-7-18(9-11)13-4-3-12(16-17-13)10-5-6-15-8-10/h3-6,8,11,15H,1-2,7,9,14H2. The Hall–Kier alpha value is -1.88. The zero-order valence-electron chi connectivity index (χ0n) is 10.2. The van der Waals surface area contributed by atoms with Crippen LogP contribution in [0.4, 0.5) is 5.82 Å². The highest BCUT2D eigenvalue weighted by Gasteiger charge is 2.18. The number of aromatic amines is 1. The Morgan fingerprint density at radius 3 is 2.89 bits per heavy atom. The molecule has 1 saturated heterocycles. The molecule has 2 aromatic rings. The third kappa shape index (κ3) is 2.22. The van der Waals surface area contributed by atoms with Gasteiger partial charge in [0.15, 0.2) is 5.82 Å². The molecule has 5 nitrogen and oxygen atoms in total. The van der Waals surface area contributed by atoms with Crippen molar-refractivity contribution in [2.24, 2.45) is 5.73 Å². The van der Waals surface area contributed by atoms with Crippen molar-refractivity contribution in [2.45, 2.75) is 18.9 Å². The number of nitrogens with one attached hydrogen (secondary N) is 1. The highest BCUT2D eigenvalue weighted by Crippen LogP contribution is 2.20. The van der Waals surface area contributed by atoms with Crippen LogP contribution in [-0.2, 0) is 0 Å². The number of anilines is 1. The minimum absolute atomic E-state index is 0.255. The molecule has 0 saturated carbocycles. The maximum atomic E-state index is 5.98. The average Bonchev–Trinajstić information content (AvgIpc) is 2.93. The summed E-state index contributed by atoms with van der Waals surface area (Å²) < 4.78 is 0. The Kier molecular flexibility index (Phi) is 2.98. The maximum Gasteiger partial charge on any atom is 0.151 e. The zero-order chi connectivity index (χ0) is 12.4. The molecule has 0 aliphatic carbocycles. The van der Waals surface area contributed by atoms with Gasteiger partial charge in [-0.3, -0.25) is 0 Å². The lowest BCUT2D eigenvalue weighted by atomic mass is 10.1. The van der Waals surface area contributed by atoms with Gasteiger partial charge in [0.2, 0.25) is 0 Å². The van der Waals surface area contributed by atoms with Gasteiger partial charge in [0.25, 0.3) is 0 Å². The van der Waals surface area contributed by atoms with E-state index < -0.39 is 0 Å². The van der Waals surface area contributed by atoms with Crippen LogP contribution < -0.4 is 10.6 Å². The molecule has 0 radical (unpaired) electrons. The Bertz CT molecular complexity index is 491. The number of rotatable bonds is 2. The third-order valence-electron chi connectivity index (χ3n) is 3.33. The van der Waals surface area contributed by atoms with Crippen molar-refractivity contribution in [1.29, 1.82) is 0 Å². The first kappa shape index (κ1) is 11.2. The smallest absolute Gasteiger partial charge is 0.151 e. The van der Waals surface area contributed by atoms with Gasteiger partial charge in [-0.2, -0.15) is 0 Å². The van der Waals surface area contributed by atoms with Crippen molar-refractivity contribution < 1.29 is 0 Å². The molecule has 3 heterocycles. The second-order valence-corrected chi connectivity index (χ2v) is 4.72. The van der Waals surface area contributed by atoms with E-state index >= 15 is 0 Å². The summed E-state index contributed by atoms with van der Waals surface area (Å²) in [7, 11) is 0. The Balaban J connectivity index is 1.78. The van der Waals surface area contributed by atoms with Crippen molar-refractivity contribution in [3.63, 3.8) is 0 Å². The van der Waals surface area contributed by atoms with Crippen LogP contribution in [-0.4, -0.2) is 34.3 Å². The van der Waals surface area contributed by atoms with E-state index in [0.717, 1.165) is 43.0 Å². The van der Waals surface area contributed by atoms with E-state index in [1.165, 1.54) is 0 Å². The lowest BCUT2D eigenvalue weighted by Gasteiger charge is -2.31. The van der Waals surface area contributed by atoms with Gasteiger partial charge in [0.05, 0.1) is 5.69 Å². The summed E-state index contributed by atoms with van der Waals surface area (Å²) in [4.78, 5) is 5.23. The fourth-order valence-corrected chi connectivity index (χ4v) is 2.35. The number of aromatic nitrogens is 3. The lowest BCUT2D eigenvalue weighted by molar-refractivity contribution is 0.502. The number of piperidine rings is 1. The van der Waals surface area contributed by atoms with Gasteiger partial charge >= 0.3 is 0 Å². The SMILES string of the molecule is NC1CCCN(c2ccc(-c3cc[nH]c3)nn2)C1. The quantitative estimate of drug-likeness (QED) is 0.836. The molecule has 3 N–H and O–H groups in total. The highest BCUT2D eigenvalue weighted by molar-refractivity contribution is 5.58. The number of nitrogens with zero attached hydrogens (tertiary/aromatic N) is 3. The molecule has 0 amide bonds. The molecular formula is C13H17N5.